The van der Waals surface area contributed by atoms with Crippen molar-refractivity contribution in [1.29, 1.82) is 0 Å². The predicted octanol–water partition coefficient (Wildman–Crippen LogP) is 1.49. The number of fused-ring (bicyclic) bond motifs is 3. The van der Waals surface area contributed by atoms with Crippen LogP contribution in [0.5, 0.6) is 0 Å². The fraction of sp³-hybridized carbons (Fsp3) is 0.438. The van der Waals surface area contributed by atoms with Gasteiger partial charge in [-0.15, -0.1) is 0 Å². The SMILES string of the molecule is O=Cc1cc2c3c(ccc2[nH]1)CCCN3CC1(O)COC1. The number of benzene rings is 1. The molecule has 0 bridgehead atoms. The first kappa shape index (κ1) is 12.9. The van der Waals surface area contributed by atoms with Gasteiger partial charge in [0.05, 0.1) is 25.5 Å². The average molecular weight is 286 g/mol. The van der Waals surface area contributed by atoms with E-state index in [2.05, 4.69) is 16.0 Å². The van der Waals surface area contributed by atoms with E-state index in [4.69, 9.17) is 4.74 Å². The van der Waals surface area contributed by atoms with Crippen molar-refractivity contribution < 1.29 is 14.6 Å². The van der Waals surface area contributed by atoms with Crippen LogP contribution in [-0.2, 0) is 11.2 Å². The third-order valence-electron chi connectivity index (χ3n) is 4.42. The largest absolute Gasteiger partial charge is 0.383 e. The Morgan fingerprint density at radius 1 is 1.43 bits per heavy atom. The Hall–Kier alpha value is -1.85. The predicted molar refractivity (Wildman–Crippen MR) is 80.0 cm³/mol. The molecule has 1 aromatic heterocycles. The van der Waals surface area contributed by atoms with Crippen LogP contribution in [-0.4, -0.2) is 48.3 Å². The molecular formula is C16H18N2O3. The molecule has 2 aliphatic rings. The summed E-state index contributed by atoms with van der Waals surface area (Å²) in [5.41, 5.74) is 3.27. The summed E-state index contributed by atoms with van der Waals surface area (Å²) in [7, 11) is 0. The number of carbonyl (C=O) groups excluding carboxylic acids is 1. The minimum atomic E-state index is -0.736. The molecule has 0 spiro atoms. The molecule has 1 aromatic carbocycles. The lowest BCUT2D eigenvalue weighted by Gasteiger charge is -2.43. The first-order chi connectivity index (χ1) is 10.2. The zero-order chi connectivity index (χ0) is 14.4. The fourth-order valence-corrected chi connectivity index (χ4v) is 3.41. The van der Waals surface area contributed by atoms with Crippen LogP contribution in [0.3, 0.4) is 0 Å². The van der Waals surface area contributed by atoms with Gasteiger partial charge in [0.25, 0.3) is 0 Å². The Balaban J connectivity index is 1.80. The second kappa shape index (κ2) is 4.58. The molecule has 2 aliphatic heterocycles. The zero-order valence-corrected chi connectivity index (χ0v) is 11.8. The molecule has 5 heteroatoms. The number of hydrogen-bond donors (Lipinski definition) is 2. The van der Waals surface area contributed by atoms with Gasteiger partial charge in [-0.25, -0.2) is 0 Å². The maximum Gasteiger partial charge on any atom is 0.166 e. The van der Waals surface area contributed by atoms with Crippen molar-refractivity contribution in [1.82, 2.24) is 4.98 Å². The van der Waals surface area contributed by atoms with Gasteiger partial charge in [-0.1, -0.05) is 6.07 Å². The van der Waals surface area contributed by atoms with Gasteiger partial charge < -0.3 is 19.7 Å². The van der Waals surface area contributed by atoms with E-state index in [1.165, 1.54) is 5.56 Å². The van der Waals surface area contributed by atoms with Crippen molar-refractivity contribution in [3.8, 4) is 0 Å². The van der Waals surface area contributed by atoms with Crippen molar-refractivity contribution in [2.45, 2.75) is 18.4 Å². The molecule has 110 valence electrons. The highest BCUT2D eigenvalue weighted by atomic mass is 16.5. The second-order valence-electron chi connectivity index (χ2n) is 6.12. The Bertz CT molecular complexity index is 703. The molecule has 1 saturated heterocycles. The monoisotopic (exact) mass is 286 g/mol. The topological polar surface area (TPSA) is 65.6 Å². The summed E-state index contributed by atoms with van der Waals surface area (Å²) >= 11 is 0. The van der Waals surface area contributed by atoms with Crippen LogP contribution in [0.25, 0.3) is 10.9 Å². The number of carbonyl (C=O) groups is 1. The van der Waals surface area contributed by atoms with Crippen molar-refractivity contribution in [3.63, 3.8) is 0 Å². The number of nitrogens with zero attached hydrogens (tertiary/aromatic N) is 1. The van der Waals surface area contributed by atoms with Crippen LogP contribution in [0.1, 0.15) is 22.5 Å². The lowest BCUT2D eigenvalue weighted by Crippen LogP contribution is -2.57. The maximum absolute atomic E-state index is 11.0. The molecule has 0 radical (unpaired) electrons. The first-order valence-electron chi connectivity index (χ1n) is 7.33. The molecule has 5 nitrogen and oxygen atoms in total. The van der Waals surface area contributed by atoms with Crippen molar-refractivity contribution >= 4 is 22.9 Å². The molecule has 3 heterocycles. The molecule has 2 aromatic rings. The van der Waals surface area contributed by atoms with Gasteiger partial charge in [0.15, 0.2) is 6.29 Å². The summed E-state index contributed by atoms with van der Waals surface area (Å²) in [6.07, 6.45) is 2.96. The van der Waals surface area contributed by atoms with E-state index in [1.54, 1.807) is 0 Å². The number of nitrogens with one attached hydrogen (secondary N) is 1. The number of β-amino-alcohol motifs (C(OH)–C–C–N with tert-alkyl or cyclic N) is 1. The molecule has 0 amide bonds. The van der Waals surface area contributed by atoms with E-state index in [0.717, 1.165) is 42.3 Å². The van der Waals surface area contributed by atoms with Crippen LogP contribution >= 0.6 is 0 Å². The standard InChI is InChI=1S/C16H18N2O3/c19-7-12-6-13-14(17-12)4-3-11-2-1-5-18(15(11)13)8-16(20)9-21-10-16/h3-4,6-7,17,20H,1-2,5,8-10H2. The fourth-order valence-electron chi connectivity index (χ4n) is 3.41. The van der Waals surface area contributed by atoms with Gasteiger partial charge >= 0.3 is 0 Å². The quantitative estimate of drug-likeness (QED) is 0.839. The molecule has 1 fully saturated rings. The number of ether oxygens (including phenoxy) is 1. The van der Waals surface area contributed by atoms with Crippen molar-refractivity contribution in [2.75, 3.05) is 31.2 Å². The third-order valence-corrected chi connectivity index (χ3v) is 4.42. The maximum atomic E-state index is 11.0. The number of aryl methyl sites for hydroxylation is 1. The lowest BCUT2D eigenvalue weighted by molar-refractivity contribution is -0.171. The number of aromatic nitrogens is 1. The van der Waals surface area contributed by atoms with Crippen molar-refractivity contribution in [3.05, 3.63) is 29.5 Å². The smallest absolute Gasteiger partial charge is 0.166 e. The van der Waals surface area contributed by atoms with Gasteiger partial charge in [-0.3, -0.25) is 4.79 Å². The number of aliphatic hydroxyl groups is 1. The molecular weight excluding hydrogens is 268 g/mol. The Labute approximate surface area is 122 Å². The van der Waals surface area contributed by atoms with E-state index in [0.29, 0.717) is 25.5 Å². The highest BCUT2D eigenvalue weighted by molar-refractivity contribution is 5.98. The molecule has 0 atom stereocenters. The molecule has 21 heavy (non-hydrogen) atoms. The van der Waals surface area contributed by atoms with Crippen LogP contribution < -0.4 is 4.90 Å². The highest BCUT2D eigenvalue weighted by Crippen LogP contribution is 2.36. The Morgan fingerprint density at radius 2 is 2.29 bits per heavy atom. The number of rotatable bonds is 3. The summed E-state index contributed by atoms with van der Waals surface area (Å²) in [6.45, 7) is 2.32. The third kappa shape index (κ3) is 2.04. The summed E-state index contributed by atoms with van der Waals surface area (Å²) in [6, 6.07) is 6.06. The van der Waals surface area contributed by atoms with Crippen LogP contribution in [0.15, 0.2) is 18.2 Å². The van der Waals surface area contributed by atoms with Crippen molar-refractivity contribution in [2.24, 2.45) is 0 Å². The first-order valence-corrected chi connectivity index (χ1v) is 7.33. The lowest BCUT2D eigenvalue weighted by atomic mass is 9.95. The summed E-state index contributed by atoms with van der Waals surface area (Å²) in [5.74, 6) is 0. The van der Waals surface area contributed by atoms with Gasteiger partial charge in [0.2, 0.25) is 0 Å². The number of H-pyrrole nitrogens is 1. The van der Waals surface area contributed by atoms with Crippen LogP contribution in [0.2, 0.25) is 0 Å². The Morgan fingerprint density at radius 3 is 3.00 bits per heavy atom. The highest BCUT2D eigenvalue weighted by Gasteiger charge is 2.39. The van der Waals surface area contributed by atoms with Gasteiger partial charge in [0.1, 0.15) is 5.60 Å². The minimum Gasteiger partial charge on any atom is -0.383 e. The number of aldehydes is 1. The van der Waals surface area contributed by atoms with Crippen LogP contribution in [0.4, 0.5) is 5.69 Å². The van der Waals surface area contributed by atoms with E-state index in [1.807, 2.05) is 12.1 Å². The van der Waals surface area contributed by atoms with E-state index in [-0.39, 0.29) is 0 Å². The number of hydrogen-bond acceptors (Lipinski definition) is 4. The zero-order valence-electron chi connectivity index (χ0n) is 11.8. The Kier molecular flexibility index (Phi) is 2.80. The summed E-state index contributed by atoms with van der Waals surface area (Å²) in [5, 5.41) is 11.4. The average Bonchev–Trinajstić information content (AvgIpc) is 2.89. The molecule has 0 unspecified atom stereocenters. The normalized spacial score (nSPS) is 20.1. The number of aromatic amines is 1. The van der Waals surface area contributed by atoms with Gasteiger partial charge in [0, 0.05) is 23.1 Å². The summed E-state index contributed by atoms with van der Waals surface area (Å²) < 4.78 is 5.15. The van der Waals surface area contributed by atoms with E-state index < -0.39 is 5.60 Å². The van der Waals surface area contributed by atoms with Gasteiger partial charge in [-0.05, 0) is 30.5 Å². The van der Waals surface area contributed by atoms with E-state index >= 15 is 0 Å². The van der Waals surface area contributed by atoms with Crippen LogP contribution in [0, 0.1) is 0 Å². The number of anilines is 1. The van der Waals surface area contributed by atoms with E-state index in [9.17, 15) is 9.90 Å². The molecule has 0 saturated carbocycles. The molecule has 4 rings (SSSR count). The molecule has 2 N–H and O–H groups in total. The van der Waals surface area contributed by atoms with Gasteiger partial charge in [-0.2, -0.15) is 0 Å². The summed E-state index contributed by atoms with van der Waals surface area (Å²) in [4.78, 5) is 16.4. The minimum absolute atomic E-state index is 0.404. The second-order valence-corrected chi connectivity index (χ2v) is 6.12. The molecule has 0 aliphatic carbocycles.